The van der Waals surface area contributed by atoms with E-state index in [2.05, 4.69) is 10.3 Å². The summed E-state index contributed by atoms with van der Waals surface area (Å²) in [6, 6.07) is 1.36. The second-order valence-corrected chi connectivity index (χ2v) is 3.49. The van der Waals surface area contributed by atoms with Gasteiger partial charge in [0.1, 0.15) is 5.82 Å². The number of nitrogens with two attached hydrogens (primary N) is 1. The molecule has 1 unspecified atom stereocenters. The zero-order valence-corrected chi connectivity index (χ0v) is 9.16. The Balaban J connectivity index is 2.70. The van der Waals surface area contributed by atoms with Crippen LogP contribution < -0.4 is 11.1 Å². The topological polar surface area (TPSA) is 80.4 Å². The van der Waals surface area contributed by atoms with Gasteiger partial charge in [0, 0.05) is 7.11 Å². The highest BCUT2D eigenvalue weighted by Gasteiger charge is 2.10. The van der Waals surface area contributed by atoms with Crippen LogP contribution in [0, 0.1) is 0 Å². The van der Waals surface area contributed by atoms with Crippen molar-refractivity contribution in [1.29, 1.82) is 0 Å². The second kappa shape index (κ2) is 5.75. The van der Waals surface area contributed by atoms with Crippen LogP contribution in [-0.2, 0) is 4.74 Å². The molecule has 0 saturated heterocycles. The van der Waals surface area contributed by atoms with E-state index >= 15 is 0 Å². The van der Waals surface area contributed by atoms with E-state index in [1.165, 1.54) is 6.20 Å². The smallest absolute Gasteiger partial charge is 0.145 e. The van der Waals surface area contributed by atoms with Crippen molar-refractivity contribution in [1.82, 2.24) is 4.98 Å². The Labute approximate surface area is 93.2 Å². The molecule has 0 aliphatic heterocycles. The third kappa shape index (κ3) is 3.54. The summed E-state index contributed by atoms with van der Waals surface area (Å²) < 4.78 is 4.91. The zero-order valence-electron chi connectivity index (χ0n) is 8.40. The minimum absolute atomic E-state index is 0.0593. The normalized spacial score (nSPS) is 12.5. The van der Waals surface area contributed by atoms with Gasteiger partial charge in [-0.3, -0.25) is 0 Å². The van der Waals surface area contributed by atoms with Crippen molar-refractivity contribution in [3.8, 4) is 0 Å². The number of anilines is 2. The summed E-state index contributed by atoms with van der Waals surface area (Å²) in [5, 5.41) is 12.4. The van der Waals surface area contributed by atoms with Gasteiger partial charge in [-0.25, -0.2) is 4.98 Å². The number of pyridine rings is 1. The lowest BCUT2D eigenvalue weighted by Gasteiger charge is -2.16. The van der Waals surface area contributed by atoms with Crippen molar-refractivity contribution in [3.05, 3.63) is 17.3 Å². The van der Waals surface area contributed by atoms with E-state index in [9.17, 15) is 0 Å². The molecule has 1 aromatic heterocycles. The SMILES string of the molecule is COCC(CO)Nc1ncc(N)cc1Cl. The molecule has 84 valence electrons. The Hall–Kier alpha value is -1.04. The lowest BCUT2D eigenvalue weighted by molar-refractivity contribution is 0.153. The number of hydrogen-bond donors (Lipinski definition) is 3. The fourth-order valence-corrected chi connectivity index (χ4v) is 1.32. The van der Waals surface area contributed by atoms with Crippen LogP contribution in [0.2, 0.25) is 5.02 Å². The average molecular weight is 232 g/mol. The number of nitrogens with one attached hydrogen (secondary N) is 1. The third-order valence-corrected chi connectivity index (χ3v) is 2.08. The average Bonchev–Trinajstić information content (AvgIpc) is 2.21. The highest BCUT2D eigenvalue weighted by atomic mass is 35.5. The van der Waals surface area contributed by atoms with Gasteiger partial charge in [0.2, 0.25) is 0 Å². The molecule has 4 N–H and O–H groups in total. The fraction of sp³-hybridized carbons (Fsp3) is 0.444. The Morgan fingerprint density at radius 1 is 1.73 bits per heavy atom. The first-order valence-electron chi connectivity index (χ1n) is 4.44. The van der Waals surface area contributed by atoms with Gasteiger partial charge in [-0.15, -0.1) is 0 Å². The molecule has 1 rings (SSSR count). The van der Waals surface area contributed by atoms with Crippen LogP contribution in [0.25, 0.3) is 0 Å². The molecular formula is C9H14ClN3O2. The Morgan fingerprint density at radius 2 is 2.47 bits per heavy atom. The fourth-order valence-electron chi connectivity index (χ4n) is 1.09. The van der Waals surface area contributed by atoms with Crippen molar-refractivity contribution in [2.24, 2.45) is 0 Å². The number of aromatic nitrogens is 1. The maximum absolute atomic E-state index is 9.03. The van der Waals surface area contributed by atoms with E-state index in [4.69, 9.17) is 27.2 Å². The standard InChI is InChI=1S/C9H14ClN3O2/c1-15-5-7(4-14)13-9-8(10)2-6(11)3-12-9/h2-3,7,14H,4-5,11H2,1H3,(H,12,13). The lowest BCUT2D eigenvalue weighted by atomic mass is 10.3. The van der Waals surface area contributed by atoms with E-state index in [0.717, 1.165) is 0 Å². The molecule has 0 aliphatic carbocycles. The molecule has 0 fully saturated rings. The Kier molecular flexibility index (Phi) is 4.61. The summed E-state index contributed by atoms with van der Waals surface area (Å²) in [6.07, 6.45) is 1.50. The highest BCUT2D eigenvalue weighted by molar-refractivity contribution is 6.33. The molecule has 0 aromatic carbocycles. The molecule has 6 heteroatoms. The van der Waals surface area contributed by atoms with Crippen LogP contribution in [0.5, 0.6) is 0 Å². The molecule has 0 aliphatic rings. The van der Waals surface area contributed by atoms with E-state index in [1.807, 2.05) is 0 Å². The molecule has 0 bridgehead atoms. The lowest BCUT2D eigenvalue weighted by Crippen LogP contribution is -2.29. The van der Waals surface area contributed by atoms with Crippen LogP contribution in [0.3, 0.4) is 0 Å². The number of aliphatic hydroxyl groups is 1. The van der Waals surface area contributed by atoms with Crippen LogP contribution >= 0.6 is 11.6 Å². The summed E-state index contributed by atoms with van der Waals surface area (Å²) >= 11 is 5.90. The molecule has 0 amide bonds. The molecule has 1 atom stereocenters. The van der Waals surface area contributed by atoms with Gasteiger partial charge in [-0.05, 0) is 6.07 Å². The van der Waals surface area contributed by atoms with Gasteiger partial charge in [0.15, 0.2) is 0 Å². The Bertz CT molecular complexity index is 322. The quantitative estimate of drug-likeness (QED) is 0.697. The molecule has 15 heavy (non-hydrogen) atoms. The molecule has 0 radical (unpaired) electrons. The molecule has 0 spiro atoms. The first-order chi connectivity index (χ1) is 7.17. The van der Waals surface area contributed by atoms with Crippen molar-refractivity contribution < 1.29 is 9.84 Å². The summed E-state index contributed by atoms with van der Waals surface area (Å²) in [7, 11) is 1.56. The van der Waals surface area contributed by atoms with E-state index in [0.29, 0.717) is 23.1 Å². The minimum atomic E-state index is -0.233. The summed E-state index contributed by atoms with van der Waals surface area (Å²) in [5.74, 6) is 0.488. The second-order valence-electron chi connectivity index (χ2n) is 3.08. The number of nitrogens with zero attached hydrogens (tertiary/aromatic N) is 1. The zero-order chi connectivity index (χ0) is 11.3. The van der Waals surface area contributed by atoms with Gasteiger partial charge >= 0.3 is 0 Å². The summed E-state index contributed by atoms with van der Waals surface area (Å²) in [5.41, 5.74) is 6.00. The summed E-state index contributed by atoms with van der Waals surface area (Å²) in [6.45, 7) is 0.315. The number of ether oxygens (including phenoxy) is 1. The van der Waals surface area contributed by atoms with Crippen LogP contribution in [0.4, 0.5) is 11.5 Å². The van der Waals surface area contributed by atoms with Crippen molar-refractivity contribution >= 4 is 23.1 Å². The van der Waals surface area contributed by atoms with Gasteiger partial charge in [0.25, 0.3) is 0 Å². The maximum atomic E-state index is 9.03. The number of halogens is 1. The van der Waals surface area contributed by atoms with Crippen LogP contribution in [-0.4, -0.2) is 36.5 Å². The third-order valence-electron chi connectivity index (χ3n) is 1.79. The van der Waals surface area contributed by atoms with Gasteiger partial charge in [0.05, 0.1) is 36.2 Å². The molecule has 1 heterocycles. The van der Waals surface area contributed by atoms with E-state index in [1.54, 1.807) is 13.2 Å². The maximum Gasteiger partial charge on any atom is 0.145 e. The number of aliphatic hydroxyl groups excluding tert-OH is 1. The Morgan fingerprint density at radius 3 is 3.00 bits per heavy atom. The van der Waals surface area contributed by atoms with Crippen LogP contribution in [0.1, 0.15) is 0 Å². The highest BCUT2D eigenvalue weighted by Crippen LogP contribution is 2.21. The van der Waals surface area contributed by atoms with Crippen molar-refractivity contribution in [3.63, 3.8) is 0 Å². The molecule has 0 saturated carbocycles. The van der Waals surface area contributed by atoms with Gasteiger partial charge < -0.3 is 20.9 Å². The first-order valence-corrected chi connectivity index (χ1v) is 4.82. The number of hydrogen-bond acceptors (Lipinski definition) is 5. The largest absolute Gasteiger partial charge is 0.397 e. The van der Waals surface area contributed by atoms with E-state index in [-0.39, 0.29) is 12.6 Å². The minimum Gasteiger partial charge on any atom is -0.397 e. The summed E-state index contributed by atoms with van der Waals surface area (Å²) in [4.78, 5) is 4.01. The van der Waals surface area contributed by atoms with Crippen molar-refractivity contribution in [2.45, 2.75) is 6.04 Å². The molecule has 1 aromatic rings. The predicted octanol–water partition coefficient (Wildman–Crippen LogP) is 0.736. The number of nitrogen functional groups attached to an aromatic ring is 1. The van der Waals surface area contributed by atoms with E-state index < -0.39 is 0 Å². The predicted molar refractivity (Wildman–Crippen MR) is 60.0 cm³/mol. The molecule has 5 nitrogen and oxygen atoms in total. The molecular weight excluding hydrogens is 218 g/mol. The van der Waals surface area contributed by atoms with Gasteiger partial charge in [-0.1, -0.05) is 11.6 Å². The van der Waals surface area contributed by atoms with Gasteiger partial charge in [-0.2, -0.15) is 0 Å². The van der Waals surface area contributed by atoms with Crippen LogP contribution in [0.15, 0.2) is 12.3 Å². The number of rotatable bonds is 5. The monoisotopic (exact) mass is 231 g/mol. The number of methoxy groups -OCH3 is 1. The van der Waals surface area contributed by atoms with Crippen molar-refractivity contribution in [2.75, 3.05) is 31.4 Å². The first kappa shape index (κ1) is 12.0.